The van der Waals surface area contributed by atoms with E-state index in [1.165, 1.54) is 6.61 Å². The maximum atomic E-state index is 6.21. The van der Waals surface area contributed by atoms with Crippen LogP contribution in [0.15, 0.2) is 0 Å². The molecule has 2 unspecified atom stereocenters. The minimum absolute atomic E-state index is 0.108. The van der Waals surface area contributed by atoms with Crippen LogP contribution in [0.3, 0.4) is 0 Å². The summed E-state index contributed by atoms with van der Waals surface area (Å²) in [6.45, 7) is 1.18. The molecule has 11 heteroatoms. The maximum absolute atomic E-state index is 6.21. The zero-order valence-electron chi connectivity index (χ0n) is 8.04. The van der Waals surface area contributed by atoms with Gasteiger partial charge in [0, 0.05) is 32.3 Å². The highest BCUT2D eigenvalue weighted by molar-refractivity contribution is 8.52. The van der Waals surface area contributed by atoms with Gasteiger partial charge in [-0.1, -0.05) is 0 Å². The minimum Gasteiger partial charge on any atom is -0.462 e. The van der Waals surface area contributed by atoms with Crippen LogP contribution in [0.25, 0.3) is 0 Å². The van der Waals surface area contributed by atoms with Gasteiger partial charge in [-0.05, 0) is 14.6 Å². The number of hydrogen-bond acceptors (Lipinski definition) is 3. The van der Waals surface area contributed by atoms with Crippen molar-refractivity contribution in [3.05, 3.63) is 0 Å². The largest absolute Gasteiger partial charge is 0.462 e. The van der Waals surface area contributed by atoms with Crippen LogP contribution in [0.2, 0.25) is 6.04 Å². The fourth-order valence-electron chi connectivity index (χ4n) is 1.85. The molecule has 0 aromatic heterocycles. The Hall–Kier alpha value is 2.01. The molecule has 0 spiro atoms. The molecule has 2 saturated heterocycles. The zero-order valence-corrected chi connectivity index (χ0v) is 19.6. The quantitative estimate of drug-likeness (QED) is 0.470. The predicted octanol–water partition coefficient (Wildman–Crippen LogP) is -5.78. The van der Waals surface area contributed by atoms with Crippen molar-refractivity contribution in [1.29, 1.82) is 0 Å². The highest BCUT2D eigenvalue weighted by Crippen LogP contribution is 2.16. The van der Waals surface area contributed by atoms with Crippen LogP contribution in [0.4, 0.5) is 0 Å². The fraction of sp³-hybridized carbons (Fsp3) is 1.00. The Labute approximate surface area is 99.2 Å². The summed E-state index contributed by atoms with van der Waals surface area (Å²) in [5.41, 5.74) is 0. The van der Waals surface area contributed by atoms with Crippen molar-refractivity contribution in [1.82, 2.24) is 0 Å². The van der Waals surface area contributed by atoms with E-state index in [9.17, 15) is 0 Å². The summed E-state index contributed by atoms with van der Waals surface area (Å²) in [6.07, 6.45) is 0. The summed E-state index contributed by atoms with van der Waals surface area (Å²) < 4.78 is 11.8. The molecule has 0 radical (unpaired) electrons. The van der Waals surface area contributed by atoms with Crippen LogP contribution < -0.4 is 0 Å². The summed E-state index contributed by atoms with van der Waals surface area (Å²) >= 11 is 0. The average molecular weight is 331 g/mol. The zero-order chi connectivity index (χ0) is 8.93. The van der Waals surface area contributed by atoms with Crippen LogP contribution in [0.5, 0.6) is 0 Å². The van der Waals surface area contributed by atoms with Gasteiger partial charge >= 0.3 is 0 Å². The standard InChI is InChI=1S/C2H18O2SSi8/c1-2-12(10-6-3-1)5-13-4-7-8-9-11-13/h12-13H,1-2,6-11H2. The molecule has 2 rings (SSSR count). The first-order valence-electron chi connectivity index (χ1n) is 5.30. The second-order valence-corrected chi connectivity index (χ2v) is 60.7. The molecule has 0 N–H and O–H groups in total. The van der Waals surface area contributed by atoms with E-state index in [1.54, 1.807) is 6.04 Å². The minimum atomic E-state index is -0.423. The lowest BCUT2D eigenvalue weighted by molar-refractivity contribution is 0.368. The Morgan fingerprint density at radius 2 is 2.15 bits per heavy atom. The highest BCUT2D eigenvalue weighted by atomic mass is 32.5. The van der Waals surface area contributed by atoms with Crippen molar-refractivity contribution in [2.75, 3.05) is 6.61 Å². The normalized spacial score (nSPS) is 47.1. The fourth-order valence-corrected chi connectivity index (χ4v) is 174. The lowest BCUT2D eigenvalue weighted by Crippen LogP contribution is -2.45. The SMILES string of the molecule is C1C[SiH](S[SiH]2O[SiH2][SiH2][SiH2][SiH2]2)[SiH2][SiH2]O1. The van der Waals surface area contributed by atoms with Gasteiger partial charge in [-0.25, -0.2) is 0 Å². The molecule has 2 aliphatic rings. The molecule has 0 aliphatic carbocycles. The van der Waals surface area contributed by atoms with Crippen molar-refractivity contribution < 1.29 is 8.54 Å². The average Bonchev–Trinajstić information content (AvgIpc) is 2.21. The van der Waals surface area contributed by atoms with E-state index in [4.69, 9.17) is 8.54 Å². The van der Waals surface area contributed by atoms with E-state index in [-0.39, 0.29) is 26.0 Å². The third kappa shape index (κ3) is 4.17. The Morgan fingerprint density at radius 3 is 2.85 bits per heavy atom. The monoisotopic (exact) mass is 330 g/mol. The molecule has 0 amide bonds. The molecular formula is C2H18O2SSi8. The van der Waals surface area contributed by atoms with Gasteiger partial charge in [-0.3, -0.25) is 0 Å². The third-order valence-electron chi connectivity index (χ3n) is 2.65. The first kappa shape index (κ1) is 11.5. The summed E-state index contributed by atoms with van der Waals surface area (Å²) in [7, 11) is 4.50. The van der Waals surface area contributed by atoms with E-state index in [2.05, 4.69) is 10.7 Å². The van der Waals surface area contributed by atoms with Crippen LogP contribution in [0, 0.1) is 0 Å². The van der Waals surface area contributed by atoms with Gasteiger partial charge < -0.3 is 8.54 Å². The van der Waals surface area contributed by atoms with Gasteiger partial charge in [-0.15, -0.1) is 0 Å². The molecule has 2 nitrogen and oxygen atoms in total. The molecule has 0 saturated carbocycles. The Balaban J connectivity index is 1.69. The first-order valence-corrected chi connectivity index (χ1v) is 34.0. The smallest absolute Gasteiger partial charge is 0.193 e. The number of hydrogen-bond donors (Lipinski definition) is 0. The van der Waals surface area contributed by atoms with Crippen molar-refractivity contribution in [3.63, 3.8) is 0 Å². The maximum Gasteiger partial charge on any atom is 0.193 e. The van der Waals surface area contributed by atoms with Gasteiger partial charge in [0.25, 0.3) is 0 Å². The van der Waals surface area contributed by atoms with Gasteiger partial charge in [0.1, 0.15) is 18.6 Å². The summed E-state index contributed by atoms with van der Waals surface area (Å²) in [5.74, 6) is 0. The topological polar surface area (TPSA) is 18.5 Å². The van der Waals surface area contributed by atoms with Crippen LogP contribution in [0.1, 0.15) is 0 Å². The molecular weight excluding hydrogens is 313 g/mol. The third-order valence-corrected chi connectivity index (χ3v) is 105. The van der Waals surface area contributed by atoms with E-state index in [0.29, 0.717) is 34.2 Å². The first-order chi connectivity index (χ1) is 6.45. The van der Waals surface area contributed by atoms with Crippen molar-refractivity contribution in [2.45, 2.75) is 6.04 Å². The van der Waals surface area contributed by atoms with Gasteiger partial charge in [-0.2, -0.15) is 10.7 Å². The molecule has 2 aliphatic heterocycles. The van der Waals surface area contributed by atoms with Crippen LogP contribution in [-0.2, 0) is 8.54 Å². The van der Waals surface area contributed by atoms with Crippen molar-refractivity contribution >= 4 is 78.6 Å². The Kier molecular flexibility index (Phi) is 5.80. The second kappa shape index (κ2) is 6.56. The van der Waals surface area contributed by atoms with Gasteiger partial charge in [0.2, 0.25) is 0 Å². The molecule has 2 heterocycles. The summed E-state index contributed by atoms with van der Waals surface area (Å²) in [6, 6.07) is 1.55. The van der Waals surface area contributed by atoms with Gasteiger partial charge in [0.15, 0.2) is 7.71 Å². The second-order valence-electron chi connectivity index (χ2n) is 3.74. The number of rotatable bonds is 2. The van der Waals surface area contributed by atoms with Gasteiger partial charge in [0.05, 0.1) is 7.46 Å². The van der Waals surface area contributed by atoms with E-state index < -0.39 is 7.71 Å². The Bertz CT molecular complexity index is 131. The van der Waals surface area contributed by atoms with Crippen LogP contribution in [-0.4, -0.2) is 74.6 Å². The molecule has 2 atom stereocenters. The molecule has 76 valence electrons. The van der Waals surface area contributed by atoms with Crippen LogP contribution >= 0.6 is 10.7 Å². The van der Waals surface area contributed by atoms with E-state index >= 15 is 0 Å². The lowest BCUT2D eigenvalue weighted by Gasteiger charge is -2.26. The highest BCUT2D eigenvalue weighted by Gasteiger charge is 2.24. The van der Waals surface area contributed by atoms with Crippen molar-refractivity contribution in [2.24, 2.45) is 0 Å². The predicted molar refractivity (Wildman–Crippen MR) is 85.0 cm³/mol. The summed E-state index contributed by atoms with van der Waals surface area (Å²) in [4.78, 5) is 0. The van der Waals surface area contributed by atoms with E-state index in [1.807, 2.05) is 0 Å². The van der Waals surface area contributed by atoms with E-state index in [0.717, 1.165) is 0 Å². The molecule has 2 fully saturated rings. The molecule has 0 aromatic rings. The molecule has 0 bridgehead atoms. The van der Waals surface area contributed by atoms with Crippen molar-refractivity contribution in [3.8, 4) is 0 Å². The lowest BCUT2D eigenvalue weighted by atomic mass is 10.9. The molecule has 13 heavy (non-hydrogen) atoms. The Morgan fingerprint density at radius 1 is 1.15 bits per heavy atom. The summed E-state index contributed by atoms with van der Waals surface area (Å²) in [5, 5.41) is 0. The molecule has 0 aromatic carbocycles.